The van der Waals surface area contributed by atoms with Gasteiger partial charge in [0, 0.05) is 29.4 Å². The molecule has 2 nitrogen and oxygen atoms in total. The Hall–Kier alpha value is 0.500. The largest absolute Gasteiger partial charge is 0.286 e. The molecule has 0 bridgehead atoms. The molecule has 1 aliphatic heterocycles. The van der Waals surface area contributed by atoms with Gasteiger partial charge in [-0.3, -0.25) is 9.80 Å². The molecule has 0 aromatic heterocycles. The smallest absolute Gasteiger partial charge is 0.0623 e. The molecule has 4 unspecified atom stereocenters. The van der Waals surface area contributed by atoms with Crippen molar-refractivity contribution in [1.82, 2.24) is 9.80 Å². The molecule has 4 aliphatic carbocycles. The van der Waals surface area contributed by atoms with Crippen molar-refractivity contribution in [3.8, 4) is 0 Å². The van der Waals surface area contributed by atoms with Crippen LogP contribution in [0, 0.1) is 29.6 Å². The highest BCUT2D eigenvalue weighted by Crippen LogP contribution is 2.51. The van der Waals surface area contributed by atoms with Gasteiger partial charge in [-0.2, -0.15) is 0 Å². The van der Waals surface area contributed by atoms with Crippen molar-refractivity contribution in [3.05, 3.63) is 0 Å². The lowest BCUT2D eigenvalue weighted by atomic mass is 9.61. The molecular weight excluding hydrogens is 471 g/mol. The molecule has 0 radical (unpaired) electrons. The number of likely N-dealkylation sites (N-methyl/N-ethyl adjacent to an activating group) is 1. The van der Waals surface area contributed by atoms with Crippen LogP contribution in [0.4, 0.5) is 0 Å². The Balaban J connectivity index is 1.30. The maximum Gasteiger partial charge on any atom is 0.0623 e. The Morgan fingerprint density at radius 3 is 1.83 bits per heavy atom. The van der Waals surface area contributed by atoms with Gasteiger partial charge in [0.15, 0.2) is 0 Å². The van der Waals surface area contributed by atoms with E-state index in [1.807, 2.05) is 0 Å². The average Bonchev–Trinajstić information content (AvgIpc) is 3.16. The van der Waals surface area contributed by atoms with E-state index in [4.69, 9.17) is 23.2 Å². The van der Waals surface area contributed by atoms with Gasteiger partial charge < -0.3 is 0 Å². The SMILES string of the molecule is CCC1N(C)C2CCC(C(C3CCC(Cl)CC3)C3CCC(Cl)CC3)CC2N1CCC1CCCCC1. The second kappa shape index (κ2) is 12.6. The summed E-state index contributed by atoms with van der Waals surface area (Å²) in [5.41, 5.74) is 0. The van der Waals surface area contributed by atoms with E-state index in [2.05, 4.69) is 23.8 Å². The molecule has 5 rings (SSSR count). The van der Waals surface area contributed by atoms with E-state index in [9.17, 15) is 0 Å². The summed E-state index contributed by atoms with van der Waals surface area (Å²) in [6, 6.07) is 1.59. The van der Waals surface area contributed by atoms with Crippen molar-refractivity contribution in [2.75, 3.05) is 13.6 Å². The lowest BCUT2D eigenvalue weighted by Gasteiger charge is -2.47. The molecule has 0 spiro atoms. The molecule has 5 fully saturated rings. The van der Waals surface area contributed by atoms with Crippen molar-refractivity contribution >= 4 is 23.2 Å². The third-order valence-corrected chi connectivity index (χ3v) is 12.4. The molecule has 0 aromatic carbocycles. The van der Waals surface area contributed by atoms with Gasteiger partial charge in [-0.15, -0.1) is 23.2 Å². The van der Waals surface area contributed by atoms with E-state index >= 15 is 0 Å². The molecule has 4 saturated carbocycles. The molecule has 1 heterocycles. The number of rotatable bonds is 7. The minimum absolute atomic E-state index is 0.435. The fourth-order valence-corrected chi connectivity index (χ4v) is 10.2. The summed E-state index contributed by atoms with van der Waals surface area (Å²) < 4.78 is 0. The van der Waals surface area contributed by atoms with Gasteiger partial charge in [-0.1, -0.05) is 39.0 Å². The zero-order valence-electron chi connectivity index (χ0n) is 22.9. The lowest BCUT2D eigenvalue weighted by molar-refractivity contribution is 0.0389. The van der Waals surface area contributed by atoms with E-state index in [-0.39, 0.29) is 0 Å². The summed E-state index contributed by atoms with van der Waals surface area (Å²) in [7, 11) is 2.45. The van der Waals surface area contributed by atoms with Crippen LogP contribution >= 0.6 is 23.2 Å². The quantitative estimate of drug-likeness (QED) is 0.307. The Morgan fingerprint density at radius 1 is 0.686 bits per heavy atom. The van der Waals surface area contributed by atoms with Crippen LogP contribution in [0.2, 0.25) is 0 Å². The zero-order chi connectivity index (χ0) is 24.4. The molecule has 0 amide bonds. The van der Waals surface area contributed by atoms with Crippen molar-refractivity contribution in [3.63, 3.8) is 0 Å². The van der Waals surface area contributed by atoms with E-state index in [1.54, 1.807) is 0 Å². The van der Waals surface area contributed by atoms with Crippen LogP contribution < -0.4 is 0 Å². The second-order valence-corrected chi connectivity index (χ2v) is 14.6. The van der Waals surface area contributed by atoms with Crippen LogP contribution in [0.1, 0.15) is 122 Å². The number of fused-ring (bicyclic) bond motifs is 1. The van der Waals surface area contributed by atoms with Crippen LogP contribution in [0.5, 0.6) is 0 Å². The number of hydrogen-bond donors (Lipinski definition) is 0. The molecule has 1 saturated heterocycles. The summed E-state index contributed by atoms with van der Waals surface area (Å²) >= 11 is 13.2. The Labute approximate surface area is 227 Å². The molecule has 202 valence electrons. The first-order valence-electron chi connectivity index (χ1n) is 15.8. The molecule has 4 atom stereocenters. The normalized spacial score (nSPS) is 43.2. The first-order chi connectivity index (χ1) is 17.0. The van der Waals surface area contributed by atoms with E-state index in [1.165, 1.54) is 122 Å². The van der Waals surface area contributed by atoms with E-state index in [0.717, 1.165) is 41.7 Å². The molecule has 0 aromatic rings. The number of nitrogens with zero attached hydrogens (tertiary/aromatic N) is 2. The first-order valence-corrected chi connectivity index (χ1v) is 16.7. The van der Waals surface area contributed by atoms with Crippen LogP contribution in [0.15, 0.2) is 0 Å². The van der Waals surface area contributed by atoms with Gasteiger partial charge in [0.1, 0.15) is 0 Å². The van der Waals surface area contributed by atoms with Crippen molar-refractivity contribution in [1.29, 1.82) is 0 Å². The minimum Gasteiger partial charge on any atom is -0.286 e. The average molecular weight is 526 g/mol. The Bertz CT molecular complexity index is 614. The molecule has 5 aliphatic rings. The fourth-order valence-electron chi connectivity index (χ4n) is 9.75. The fraction of sp³-hybridized carbons (Fsp3) is 1.00. The molecule has 4 heteroatoms. The second-order valence-electron chi connectivity index (χ2n) is 13.4. The van der Waals surface area contributed by atoms with Crippen molar-refractivity contribution < 1.29 is 0 Å². The predicted octanol–water partition coefficient (Wildman–Crippen LogP) is 8.69. The third kappa shape index (κ3) is 6.23. The number of halogens is 2. The van der Waals surface area contributed by atoms with Gasteiger partial charge in [-0.25, -0.2) is 0 Å². The van der Waals surface area contributed by atoms with Crippen LogP contribution in [0.3, 0.4) is 0 Å². The van der Waals surface area contributed by atoms with Crippen LogP contribution in [-0.2, 0) is 0 Å². The summed E-state index contributed by atoms with van der Waals surface area (Å²) in [5.74, 6) is 4.68. The molecular formula is C31H54Cl2N2. The molecule has 0 N–H and O–H groups in total. The van der Waals surface area contributed by atoms with Gasteiger partial charge in [-0.05, 0) is 120 Å². The van der Waals surface area contributed by atoms with Crippen molar-refractivity contribution in [2.45, 2.75) is 152 Å². The van der Waals surface area contributed by atoms with Crippen molar-refractivity contribution in [2.24, 2.45) is 29.6 Å². The summed E-state index contributed by atoms with van der Waals surface area (Å²) in [4.78, 5) is 5.82. The third-order valence-electron chi connectivity index (χ3n) is 11.5. The van der Waals surface area contributed by atoms with Gasteiger partial charge in [0.25, 0.3) is 0 Å². The highest BCUT2D eigenvalue weighted by Gasteiger charge is 2.50. The summed E-state index contributed by atoms with van der Waals surface area (Å²) in [6.45, 7) is 3.78. The summed E-state index contributed by atoms with van der Waals surface area (Å²) in [6.07, 6.45) is 25.7. The highest BCUT2D eigenvalue weighted by atomic mass is 35.5. The summed E-state index contributed by atoms with van der Waals surface area (Å²) in [5, 5.41) is 0.871. The van der Waals surface area contributed by atoms with Crippen LogP contribution in [0.25, 0.3) is 0 Å². The van der Waals surface area contributed by atoms with Gasteiger partial charge in [0.05, 0.1) is 6.17 Å². The highest BCUT2D eigenvalue weighted by molar-refractivity contribution is 6.20. The topological polar surface area (TPSA) is 6.48 Å². The standard InChI is InChI=1S/C31H54Cl2N2/c1-3-30-34(2)28-18-13-25(21-29(28)35(30)20-19-22-7-5-4-6-8-22)31(23-9-14-26(32)15-10-23)24-11-16-27(33)17-12-24/h22-31H,3-21H2,1-2H3. The van der Waals surface area contributed by atoms with E-state index in [0.29, 0.717) is 16.9 Å². The number of hydrogen-bond acceptors (Lipinski definition) is 2. The maximum absolute atomic E-state index is 6.59. The monoisotopic (exact) mass is 524 g/mol. The zero-order valence-corrected chi connectivity index (χ0v) is 24.4. The minimum atomic E-state index is 0.435. The lowest BCUT2D eigenvalue weighted by Crippen LogP contribution is -2.46. The van der Waals surface area contributed by atoms with E-state index < -0.39 is 0 Å². The van der Waals surface area contributed by atoms with Crippen LogP contribution in [-0.4, -0.2) is 52.4 Å². The Kier molecular flexibility index (Phi) is 9.73. The predicted molar refractivity (Wildman–Crippen MR) is 151 cm³/mol. The number of alkyl halides is 2. The van der Waals surface area contributed by atoms with Gasteiger partial charge >= 0.3 is 0 Å². The van der Waals surface area contributed by atoms with Gasteiger partial charge in [0.2, 0.25) is 0 Å². The first kappa shape index (κ1) is 27.1. The molecule has 35 heavy (non-hydrogen) atoms. The Morgan fingerprint density at radius 2 is 1.26 bits per heavy atom. The maximum atomic E-state index is 6.59.